The SMILES string of the molecule is O=C1N(c2ccc(OCC(F)(F)F)cc2)CCC12CCN(CC(O)c1c(F)cccc1Cl)CC2. The molecule has 1 N–H and O–H groups in total. The summed E-state index contributed by atoms with van der Waals surface area (Å²) < 4.78 is 55.8. The predicted molar refractivity (Wildman–Crippen MR) is 119 cm³/mol. The summed E-state index contributed by atoms with van der Waals surface area (Å²) in [6.45, 7) is 0.523. The molecule has 1 unspecified atom stereocenters. The topological polar surface area (TPSA) is 53.0 Å². The van der Waals surface area contributed by atoms with Crippen LogP contribution in [-0.4, -0.2) is 54.9 Å². The van der Waals surface area contributed by atoms with Crippen molar-refractivity contribution in [2.24, 2.45) is 5.41 Å². The van der Waals surface area contributed by atoms with Crippen LogP contribution in [0.5, 0.6) is 5.75 Å². The number of piperidine rings is 1. The van der Waals surface area contributed by atoms with Gasteiger partial charge in [-0.25, -0.2) is 4.39 Å². The molecule has 0 radical (unpaired) electrons. The lowest BCUT2D eigenvalue weighted by Crippen LogP contribution is -2.45. The molecule has 0 bridgehead atoms. The van der Waals surface area contributed by atoms with Crippen LogP contribution in [0.4, 0.5) is 23.2 Å². The summed E-state index contributed by atoms with van der Waals surface area (Å²) in [5, 5.41) is 10.7. The number of ether oxygens (including phenoxy) is 1. The molecule has 5 nitrogen and oxygen atoms in total. The average Bonchev–Trinajstić information content (AvgIpc) is 3.09. The Labute approximate surface area is 199 Å². The van der Waals surface area contributed by atoms with Gasteiger partial charge in [-0.1, -0.05) is 17.7 Å². The fourth-order valence-electron chi connectivity index (χ4n) is 4.75. The monoisotopic (exact) mass is 500 g/mol. The lowest BCUT2D eigenvalue weighted by atomic mass is 9.77. The summed E-state index contributed by atoms with van der Waals surface area (Å²) in [6, 6.07) is 10.3. The Balaban J connectivity index is 1.34. The van der Waals surface area contributed by atoms with Gasteiger partial charge < -0.3 is 19.6 Å². The van der Waals surface area contributed by atoms with Crippen LogP contribution in [0.3, 0.4) is 0 Å². The van der Waals surface area contributed by atoms with Gasteiger partial charge >= 0.3 is 6.18 Å². The molecular formula is C24H25ClF4N2O3. The van der Waals surface area contributed by atoms with E-state index in [1.165, 1.54) is 30.3 Å². The van der Waals surface area contributed by atoms with Crippen molar-refractivity contribution in [2.75, 3.05) is 37.7 Å². The predicted octanol–water partition coefficient (Wildman–Crippen LogP) is 4.97. The molecule has 10 heteroatoms. The van der Waals surface area contributed by atoms with Crippen molar-refractivity contribution in [3.63, 3.8) is 0 Å². The first-order chi connectivity index (χ1) is 16.1. The minimum Gasteiger partial charge on any atom is -0.484 e. The molecule has 34 heavy (non-hydrogen) atoms. The van der Waals surface area contributed by atoms with Crippen molar-refractivity contribution in [1.29, 1.82) is 0 Å². The standard InChI is InChI=1S/C24H25ClF4N2O3/c25-18-2-1-3-19(26)21(18)20(32)14-30-11-8-23(9-12-30)10-13-31(22(23)33)16-4-6-17(7-5-16)34-15-24(27,28)29/h1-7,20,32H,8-15H2. The number of aliphatic hydroxyl groups is 1. The molecule has 1 spiro atoms. The summed E-state index contributed by atoms with van der Waals surface area (Å²) in [7, 11) is 0. The molecule has 1 amide bonds. The minimum absolute atomic E-state index is 0.00573. The third-order valence-electron chi connectivity index (χ3n) is 6.64. The molecule has 0 aliphatic carbocycles. The smallest absolute Gasteiger partial charge is 0.422 e. The number of rotatable bonds is 6. The fraction of sp³-hybridized carbons (Fsp3) is 0.458. The molecule has 2 aliphatic rings. The highest BCUT2D eigenvalue weighted by Crippen LogP contribution is 2.43. The number of carbonyl (C=O) groups excluding carboxylic acids is 1. The second kappa shape index (κ2) is 9.71. The van der Waals surface area contributed by atoms with E-state index in [0.717, 1.165) is 0 Å². The number of amides is 1. The Hall–Kier alpha value is -2.36. The van der Waals surface area contributed by atoms with Crippen LogP contribution in [0.15, 0.2) is 42.5 Å². The first-order valence-corrected chi connectivity index (χ1v) is 11.4. The van der Waals surface area contributed by atoms with E-state index in [4.69, 9.17) is 16.3 Å². The van der Waals surface area contributed by atoms with Gasteiger partial charge in [0.25, 0.3) is 0 Å². The molecule has 184 valence electrons. The van der Waals surface area contributed by atoms with Gasteiger partial charge in [0.15, 0.2) is 6.61 Å². The number of nitrogens with zero attached hydrogens (tertiary/aromatic N) is 2. The van der Waals surface area contributed by atoms with Gasteiger partial charge in [0.05, 0.1) is 11.5 Å². The summed E-state index contributed by atoms with van der Waals surface area (Å²) in [6.07, 6.45) is -3.60. The van der Waals surface area contributed by atoms with Crippen molar-refractivity contribution in [3.05, 3.63) is 58.9 Å². The number of likely N-dealkylation sites (tertiary alicyclic amines) is 1. The quantitative estimate of drug-likeness (QED) is 0.569. The van der Waals surface area contributed by atoms with Crippen LogP contribution < -0.4 is 9.64 Å². The highest BCUT2D eigenvalue weighted by atomic mass is 35.5. The van der Waals surface area contributed by atoms with Crippen LogP contribution in [0.2, 0.25) is 5.02 Å². The molecule has 2 saturated heterocycles. The Morgan fingerprint density at radius 2 is 1.71 bits per heavy atom. The first kappa shape index (κ1) is 24.8. The van der Waals surface area contributed by atoms with Gasteiger partial charge in [0.1, 0.15) is 11.6 Å². The maximum absolute atomic E-state index is 14.1. The van der Waals surface area contributed by atoms with Crippen molar-refractivity contribution in [2.45, 2.75) is 31.5 Å². The van der Waals surface area contributed by atoms with Crippen molar-refractivity contribution in [3.8, 4) is 5.75 Å². The molecule has 4 rings (SSSR count). The zero-order chi connectivity index (χ0) is 24.5. The van der Waals surface area contributed by atoms with E-state index in [1.54, 1.807) is 17.0 Å². The number of hydrogen-bond acceptors (Lipinski definition) is 4. The second-order valence-corrected chi connectivity index (χ2v) is 9.24. The Morgan fingerprint density at radius 1 is 1.06 bits per heavy atom. The third-order valence-corrected chi connectivity index (χ3v) is 6.97. The van der Waals surface area contributed by atoms with Gasteiger partial charge in [0, 0.05) is 29.4 Å². The minimum atomic E-state index is -4.41. The zero-order valence-corrected chi connectivity index (χ0v) is 19.1. The van der Waals surface area contributed by atoms with Crippen LogP contribution in [0.1, 0.15) is 30.9 Å². The van der Waals surface area contributed by atoms with Crippen molar-refractivity contribution >= 4 is 23.2 Å². The largest absolute Gasteiger partial charge is 0.484 e. The molecule has 2 aliphatic heterocycles. The maximum Gasteiger partial charge on any atom is 0.422 e. The third kappa shape index (κ3) is 5.31. The molecule has 2 heterocycles. The number of carbonyl (C=O) groups is 1. The van der Waals surface area contributed by atoms with E-state index < -0.39 is 30.1 Å². The first-order valence-electron chi connectivity index (χ1n) is 11.0. The number of hydrogen-bond donors (Lipinski definition) is 1. The number of alkyl halides is 3. The summed E-state index contributed by atoms with van der Waals surface area (Å²) >= 11 is 6.05. The lowest BCUT2D eigenvalue weighted by molar-refractivity contribution is -0.153. The van der Waals surface area contributed by atoms with E-state index in [0.29, 0.717) is 44.6 Å². The molecule has 0 saturated carbocycles. The average molecular weight is 501 g/mol. The van der Waals surface area contributed by atoms with Gasteiger partial charge in [0.2, 0.25) is 5.91 Å². The number of aliphatic hydroxyl groups excluding tert-OH is 1. The number of anilines is 1. The summed E-state index contributed by atoms with van der Waals surface area (Å²) in [4.78, 5) is 16.9. The Morgan fingerprint density at radius 3 is 2.32 bits per heavy atom. The molecule has 0 aromatic heterocycles. The van der Waals surface area contributed by atoms with Crippen LogP contribution >= 0.6 is 11.6 Å². The summed E-state index contributed by atoms with van der Waals surface area (Å²) in [5.41, 5.74) is 0.186. The number of β-amino-alcohol motifs (C(OH)–C–C–N with tert-alkyl or cyclic N) is 1. The Bertz CT molecular complexity index is 1000. The maximum atomic E-state index is 14.1. The molecule has 2 aromatic rings. The normalized spacial score (nSPS) is 19.6. The molecular weight excluding hydrogens is 476 g/mol. The van der Waals surface area contributed by atoms with E-state index in [9.17, 15) is 27.5 Å². The Kier molecular flexibility index (Phi) is 7.07. The zero-order valence-electron chi connectivity index (χ0n) is 18.3. The van der Waals surface area contributed by atoms with E-state index >= 15 is 0 Å². The van der Waals surface area contributed by atoms with Gasteiger partial charge in [-0.05, 0) is 68.8 Å². The van der Waals surface area contributed by atoms with E-state index in [1.807, 2.05) is 4.90 Å². The van der Waals surface area contributed by atoms with E-state index in [2.05, 4.69) is 0 Å². The van der Waals surface area contributed by atoms with Crippen LogP contribution in [-0.2, 0) is 4.79 Å². The fourth-order valence-corrected chi connectivity index (χ4v) is 5.04. The van der Waals surface area contributed by atoms with Crippen molar-refractivity contribution in [1.82, 2.24) is 4.90 Å². The highest BCUT2D eigenvalue weighted by molar-refractivity contribution is 6.31. The van der Waals surface area contributed by atoms with Crippen LogP contribution in [0.25, 0.3) is 0 Å². The highest BCUT2D eigenvalue weighted by Gasteiger charge is 2.48. The van der Waals surface area contributed by atoms with Gasteiger partial charge in [-0.3, -0.25) is 4.79 Å². The molecule has 2 fully saturated rings. The number of halogens is 5. The van der Waals surface area contributed by atoms with Crippen molar-refractivity contribution < 1.29 is 32.2 Å². The second-order valence-electron chi connectivity index (χ2n) is 8.84. The molecule has 1 atom stereocenters. The van der Waals surface area contributed by atoms with Gasteiger partial charge in [-0.15, -0.1) is 0 Å². The summed E-state index contributed by atoms with van der Waals surface area (Å²) in [5.74, 6) is -0.469. The van der Waals surface area contributed by atoms with Crippen LogP contribution in [0, 0.1) is 11.2 Å². The van der Waals surface area contributed by atoms with E-state index in [-0.39, 0.29) is 28.8 Å². The molecule has 2 aromatic carbocycles. The number of benzene rings is 2. The lowest BCUT2D eigenvalue weighted by Gasteiger charge is -2.38. The van der Waals surface area contributed by atoms with Gasteiger partial charge in [-0.2, -0.15) is 13.2 Å².